The van der Waals surface area contributed by atoms with Gasteiger partial charge in [-0.3, -0.25) is 4.98 Å². The van der Waals surface area contributed by atoms with Crippen molar-refractivity contribution in [1.29, 1.82) is 0 Å². The van der Waals surface area contributed by atoms with Gasteiger partial charge in [0.2, 0.25) is 11.9 Å². The molecule has 0 spiro atoms. The number of hydrogen-bond acceptors (Lipinski definition) is 7. The van der Waals surface area contributed by atoms with Gasteiger partial charge in [0, 0.05) is 31.7 Å². The van der Waals surface area contributed by atoms with Gasteiger partial charge in [0.1, 0.15) is 0 Å². The molecule has 0 saturated heterocycles. The van der Waals surface area contributed by atoms with E-state index < -0.39 is 0 Å². The van der Waals surface area contributed by atoms with Crippen molar-refractivity contribution < 1.29 is 0 Å². The van der Waals surface area contributed by atoms with E-state index in [-0.39, 0.29) is 0 Å². The Morgan fingerprint density at radius 2 is 2.08 bits per heavy atom. The first-order chi connectivity index (χ1) is 12.2. The lowest BCUT2D eigenvalue weighted by Gasteiger charge is -2.16. The first-order valence-corrected chi connectivity index (χ1v) is 9.48. The molecule has 132 valence electrons. The highest BCUT2D eigenvalue weighted by Crippen LogP contribution is 2.35. The summed E-state index contributed by atoms with van der Waals surface area (Å²) >= 11 is 1.55. The van der Waals surface area contributed by atoms with E-state index >= 15 is 0 Å². The van der Waals surface area contributed by atoms with E-state index in [2.05, 4.69) is 37.4 Å². The number of allylic oxidation sites excluding steroid dienone is 2. The van der Waals surface area contributed by atoms with E-state index in [9.17, 15) is 0 Å². The van der Waals surface area contributed by atoms with Crippen LogP contribution in [0, 0.1) is 0 Å². The second-order valence-electron chi connectivity index (χ2n) is 6.09. The summed E-state index contributed by atoms with van der Waals surface area (Å²) in [5, 5.41) is 3.86. The van der Waals surface area contributed by atoms with Gasteiger partial charge in [-0.05, 0) is 62.1 Å². The third-order valence-electron chi connectivity index (χ3n) is 3.91. The summed E-state index contributed by atoms with van der Waals surface area (Å²) in [5.74, 6) is 1.25. The molecule has 0 bridgehead atoms. The third-order valence-corrected chi connectivity index (χ3v) is 4.82. The zero-order valence-electron chi connectivity index (χ0n) is 15.0. The number of anilines is 2. The fourth-order valence-electron chi connectivity index (χ4n) is 2.69. The van der Waals surface area contributed by atoms with Crippen molar-refractivity contribution in [3.05, 3.63) is 30.1 Å². The summed E-state index contributed by atoms with van der Waals surface area (Å²) in [6.07, 6.45) is 8.90. The van der Waals surface area contributed by atoms with Crippen LogP contribution in [0.5, 0.6) is 0 Å². The van der Waals surface area contributed by atoms with Crippen LogP contribution in [0.15, 0.2) is 34.5 Å². The SMILES string of the molecule is CCNc1nc(Sc2cccnc2C2=CCCCC2)nc(N(C)C)n1. The van der Waals surface area contributed by atoms with E-state index in [1.165, 1.54) is 18.4 Å². The Kier molecular flexibility index (Phi) is 5.86. The Hall–Kier alpha value is -2.15. The molecule has 1 aliphatic rings. The minimum atomic E-state index is 0.603. The number of rotatable bonds is 6. The summed E-state index contributed by atoms with van der Waals surface area (Å²) in [5.41, 5.74) is 2.40. The minimum Gasteiger partial charge on any atom is -0.354 e. The van der Waals surface area contributed by atoms with Crippen molar-refractivity contribution in [1.82, 2.24) is 19.9 Å². The van der Waals surface area contributed by atoms with E-state index in [4.69, 9.17) is 0 Å². The molecule has 6 nitrogen and oxygen atoms in total. The maximum Gasteiger partial charge on any atom is 0.230 e. The molecular formula is C18H24N6S. The van der Waals surface area contributed by atoms with Crippen molar-refractivity contribution >= 4 is 29.2 Å². The van der Waals surface area contributed by atoms with Crippen molar-refractivity contribution in [3.63, 3.8) is 0 Å². The molecule has 0 fully saturated rings. The number of pyridine rings is 1. The van der Waals surface area contributed by atoms with Crippen molar-refractivity contribution in [2.75, 3.05) is 30.9 Å². The molecule has 0 saturated carbocycles. The molecule has 1 N–H and O–H groups in total. The highest BCUT2D eigenvalue weighted by Gasteiger charge is 2.15. The molecule has 2 heterocycles. The standard InChI is InChI=1S/C18H24N6S/c1-4-19-16-21-17(24(2)3)23-18(22-16)25-14-11-8-12-20-15(14)13-9-6-5-7-10-13/h8-9,11-12H,4-7,10H2,1-3H3,(H,19,21,22,23). The minimum absolute atomic E-state index is 0.603. The van der Waals surface area contributed by atoms with Crippen molar-refractivity contribution in [2.45, 2.75) is 42.7 Å². The average Bonchev–Trinajstić information content (AvgIpc) is 2.63. The van der Waals surface area contributed by atoms with E-state index in [1.54, 1.807) is 11.8 Å². The molecule has 0 atom stereocenters. The molecule has 0 aromatic carbocycles. The van der Waals surface area contributed by atoms with Crippen LogP contribution in [0.2, 0.25) is 0 Å². The monoisotopic (exact) mass is 356 g/mol. The van der Waals surface area contributed by atoms with E-state index in [1.807, 2.05) is 38.2 Å². The molecule has 0 amide bonds. The van der Waals surface area contributed by atoms with Crippen LogP contribution >= 0.6 is 11.8 Å². The van der Waals surface area contributed by atoms with Gasteiger partial charge >= 0.3 is 0 Å². The van der Waals surface area contributed by atoms with E-state index in [0.717, 1.165) is 30.0 Å². The Bertz CT molecular complexity index is 759. The Balaban J connectivity index is 1.93. The first kappa shape index (κ1) is 17.7. The van der Waals surface area contributed by atoms with Crippen LogP contribution in [0.3, 0.4) is 0 Å². The largest absolute Gasteiger partial charge is 0.354 e. The van der Waals surface area contributed by atoms with Crippen LogP contribution in [-0.2, 0) is 0 Å². The molecule has 2 aromatic rings. The summed E-state index contributed by atoms with van der Waals surface area (Å²) in [7, 11) is 3.86. The van der Waals surface area contributed by atoms with Gasteiger partial charge in [0.15, 0.2) is 5.16 Å². The quantitative estimate of drug-likeness (QED) is 0.842. The highest BCUT2D eigenvalue weighted by atomic mass is 32.2. The molecule has 1 aliphatic carbocycles. The molecule has 25 heavy (non-hydrogen) atoms. The molecule has 2 aromatic heterocycles. The van der Waals surface area contributed by atoms with Crippen LogP contribution in [0.25, 0.3) is 5.57 Å². The van der Waals surface area contributed by atoms with E-state index in [0.29, 0.717) is 17.1 Å². The van der Waals surface area contributed by atoms with Gasteiger partial charge in [0.25, 0.3) is 0 Å². The van der Waals surface area contributed by atoms with Gasteiger partial charge < -0.3 is 10.2 Å². The van der Waals surface area contributed by atoms with Crippen LogP contribution in [-0.4, -0.2) is 40.6 Å². The van der Waals surface area contributed by atoms with Gasteiger partial charge in [-0.15, -0.1) is 0 Å². The van der Waals surface area contributed by atoms with Crippen LogP contribution in [0.1, 0.15) is 38.3 Å². The molecular weight excluding hydrogens is 332 g/mol. The topological polar surface area (TPSA) is 66.8 Å². The summed E-state index contributed by atoms with van der Waals surface area (Å²) in [6.45, 7) is 2.80. The molecule has 0 aliphatic heterocycles. The smallest absolute Gasteiger partial charge is 0.230 e. The predicted molar refractivity (Wildman–Crippen MR) is 103 cm³/mol. The number of nitrogens with zero attached hydrogens (tertiary/aromatic N) is 5. The van der Waals surface area contributed by atoms with Gasteiger partial charge in [-0.2, -0.15) is 15.0 Å². The Labute approximate surface area is 153 Å². The fourth-order valence-corrected chi connectivity index (χ4v) is 3.58. The van der Waals surface area contributed by atoms with Gasteiger partial charge in [-0.25, -0.2) is 0 Å². The lowest BCUT2D eigenvalue weighted by molar-refractivity contribution is 0.738. The normalized spacial score (nSPS) is 14.1. The van der Waals surface area contributed by atoms with Crippen molar-refractivity contribution in [3.8, 4) is 0 Å². The number of nitrogens with one attached hydrogen (secondary N) is 1. The molecule has 3 rings (SSSR count). The lowest BCUT2D eigenvalue weighted by Crippen LogP contribution is -2.15. The predicted octanol–water partition coefficient (Wildman–Crippen LogP) is 3.87. The lowest BCUT2D eigenvalue weighted by atomic mass is 9.97. The second-order valence-corrected chi connectivity index (χ2v) is 7.10. The van der Waals surface area contributed by atoms with Crippen molar-refractivity contribution in [2.24, 2.45) is 0 Å². The summed E-state index contributed by atoms with van der Waals surface area (Å²) in [6, 6.07) is 4.06. The maximum atomic E-state index is 4.63. The molecule has 0 radical (unpaired) electrons. The zero-order valence-corrected chi connectivity index (χ0v) is 15.8. The highest BCUT2D eigenvalue weighted by molar-refractivity contribution is 7.99. The number of hydrogen-bond donors (Lipinski definition) is 1. The Morgan fingerprint density at radius 1 is 1.20 bits per heavy atom. The van der Waals surface area contributed by atoms with Crippen LogP contribution in [0.4, 0.5) is 11.9 Å². The molecule has 0 unspecified atom stereocenters. The Morgan fingerprint density at radius 3 is 2.80 bits per heavy atom. The van der Waals surface area contributed by atoms with Crippen LogP contribution < -0.4 is 10.2 Å². The third kappa shape index (κ3) is 4.48. The maximum absolute atomic E-state index is 4.63. The zero-order chi connectivity index (χ0) is 17.6. The summed E-state index contributed by atoms with van der Waals surface area (Å²) in [4.78, 5) is 21.2. The molecule has 7 heteroatoms. The van der Waals surface area contributed by atoms with Gasteiger partial charge in [0.05, 0.1) is 5.69 Å². The summed E-state index contributed by atoms with van der Waals surface area (Å²) < 4.78 is 0. The fraction of sp³-hybridized carbons (Fsp3) is 0.444. The first-order valence-electron chi connectivity index (χ1n) is 8.67. The second kappa shape index (κ2) is 8.29. The average molecular weight is 356 g/mol. The van der Waals surface area contributed by atoms with Gasteiger partial charge in [-0.1, -0.05) is 6.08 Å². The number of aromatic nitrogens is 4.